The van der Waals surface area contributed by atoms with Crippen LogP contribution in [-0.4, -0.2) is 27.4 Å². The molecule has 2 N–H and O–H groups in total. The molecule has 1 aliphatic rings. The quantitative estimate of drug-likeness (QED) is 0.213. The first-order chi connectivity index (χ1) is 18.3. The standard InChI is InChI=1S/C30H26N4O3S/c1-3-20-10-14-23(15-11-20)34-29(37)25(28(36)32-30(34)38)16-21-17-33(26-7-5-4-6-24(21)26)18-27(35)31-22-12-8-19(2)9-13-22/h4-17H,3,18H2,1-2H3,(H,31,35)(H,32,36,38)/b25-16+. The maximum Gasteiger partial charge on any atom is 0.270 e. The van der Waals surface area contributed by atoms with E-state index in [2.05, 4.69) is 17.6 Å². The number of aromatic nitrogens is 1. The summed E-state index contributed by atoms with van der Waals surface area (Å²) in [6.07, 6.45) is 4.21. The molecule has 5 rings (SSSR count). The number of benzene rings is 3. The molecule has 0 spiro atoms. The van der Waals surface area contributed by atoms with E-state index in [1.165, 1.54) is 4.90 Å². The minimum atomic E-state index is -0.560. The molecule has 0 atom stereocenters. The summed E-state index contributed by atoms with van der Waals surface area (Å²) >= 11 is 5.33. The number of fused-ring (bicyclic) bond motifs is 1. The van der Waals surface area contributed by atoms with Gasteiger partial charge in [-0.1, -0.05) is 55.0 Å². The van der Waals surface area contributed by atoms with Gasteiger partial charge in [0.25, 0.3) is 11.8 Å². The van der Waals surface area contributed by atoms with Crippen LogP contribution < -0.4 is 15.5 Å². The van der Waals surface area contributed by atoms with Crippen molar-refractivity contribution in [2.45, 2.75) is 26.8 Å². The lowest BCUT2D eigenvalue weighted by atomic mass is 10.1. The van der Waals surface area contributed by atoms with Gasteiger partial charge in [0.1, 0.15) is 12.1 Å². The van der Waals surface area contributed by atoms with Crippen LogP contribution in [0.25, 0.3) is 17.0 Å². The molecule has 1 aliphatic heterocycles. The van der Waals surface area contributed by atoms with Crippen molar-refractivity contribution in [3.63, 3.8) is 0 Å². The van der Waals surface area contributed by atoms with Crippen molar-refractivity contribution >= 4 is 63.4 Å². The third-order valence-corrected chi connectivity index (χ3v) is 6.76. The second-order valence-electron chi connectivity index (χ2n) is 9.12. The maximum absolute atomic E-state index is 13.5. The van der Waals surface area contributed by atoms with E-state index in [4.69, 9.17) is 12.2 Å². The summed E-state index contributed by atoms with van der Waals surface area (Å²) in [6.45, 7) is 4.10. The highest BCUT2D eigenvalue weighted by Crippen LogP contribution is 2.27. The summed E-state index contributed by atoms with van der Waals surface area (Å²) in [5, 5.41) is 6.40. The first-order valence-electron chi connectivity index (χ1n) is 12.3. The number of anilines is 2. The molecule has 1 fully saturated rings. The highest BCUT2D eigenvalue weighted by atomic mass is 32.1. The lowest BCUT2D eigenvalue weighted by Gasteiger charge is -2.29. The molecule has 0 bridgehead atoms. The van der Waals surface area contributed by atoms with Gasteiger partial charge in [-0.05, 0) is 67.5 Å². The Morgan fingerprint density at radius 2 is 1.71 bits per heavy atom. The van der Waals surface area contributed by atoms with Gasteiger partial charge in [0.15, 0.2) is 5.11 Å². The minimum Gasteiger partial charge on any atom is -0.337 e. The van der Waals surface area contributed by atoms with Gasteiger partial charge < -0.3 is 9.88 Å². The molecule has 0 saturated carbocycles. The molecule has 0 aliphatic carbocycles. The second-order valence-corrected chi connectivity index (χ2v) is 9.51. The van der Waals surface area contributed by atoms with Crippen LogP contribution in [0.4, 0.5) is 11.4 Å². The molecule has 7 nitrogen and oxygen atoms in total. The molecule has 2 heterocycles. The molecule has 38 heavy (non-hydrogen) atoms. The Bertz CT molecular complexity index is 1600. The van der Waals surface area contributed by atoms with Crippen molar-refractivity contribution in [3.05, 3.63) is 101 Å². The number of nitrogens with zero attached hydrogens (tertiary/aromatic N) is 2. The third-order valence-electron chi connectivity index (χ3n) is 6.47. The summed E-state index contributed by atoms with van der Waals surface area (Å²) < 4.78 is 1.81. The van der Waals surface area contributed by atoms with Gasteiger partial charge in [0, 0.05) is 28.4 Å². The Hall–Kier alpha value is -4.56. The van der Waals surface area contributed by atoms with Crippen molar-refractivity contribution < 1.29 is 14.4 Å². The number of para-hydroxylation sites is 1. The monoisotopic (exact) mass is 522 g/mol. The van der Waals surface area contributed by atoms with Crippen LogP contribution >= 0.6 is 12.2 Å². The zero-order valence-electron chi connectivity index (χ0n) is 21.0. The summed E-state index contributed by atoms with van der Waals surface area (Å²) in [6, 6.07) is 22.6. The van der Waals surface area contributed by atoms with Gasteiger partial charge in [0.05, 0.1) is 5.69 Å². The number of aryl methyl sites for hydroxylation is 2. The fraction of sp³-hybridized carbons (Fsp3) is 0.133. The Labute approximate surface area is 225 Å². The average Bonchev–Trinajstić information content (AvgIpc) is 3.25. The zero-order valence-corrected chi connectivity index (χ0v) is 21.8. The maximum atomic E-state index is 13.5. The van der Waals surface area contributed by atoms with E-state index in [0.29, 0.717) is 16.9 Å². The van der Waals surface area contributed by atoms with Crippen LogP contribution in [0.1, 0.15) is 23.6 Å². The summed E-state index contributed by atoms with van der Waals surface area (Å²) in [4.78, 5) is 40.5. The lowest BCUT2D eigenvalue weighted by Crippen LogP contribution is -2.54. The predicted molar refractivity (Wildman–Crippen MR) is 154 cm³/mol. The highest BCUT2D eigenvalue weighted by Gasteiger charge is 2.34. The Morgan fingerprint density at radius 1 is 1.00 bits per heavy atom. The van der Waals surface area contributed by atoms with Crippen molar-refractivity contribution in [1.29, 1.82) is 0 Å². The SMILES string of the molecule is CCc1ccc(N2C(=O)/C(=C/c3cn(CC(=O)Nc4ccc(C)cc4)c4ccccc34)C(=O)NC2=S)cc1. The molecular weight excluding hydrogens is 496 g/mol. The number of hydrogen-bond acceptors (Lipinski definition) is 4. The largest absolute Gasteiger partial charge is 0.337 e. The lowest BCUT2D eigenvalue weighted by molar-refractivity contribution is -0.122. The van der Waals surface area contributed by atoms with E-state index in [1.807, 2.05) is 84.3 Å². The first-order valence-corrected chi connectivity index (χ1v) is 12.7. The van der Waals surface area contributed by atoms with Crippen LogP contribution in [0, 0.1) is 6.92 Å². The Balaban J connectivity index is 1.46. The molecule has 3 aromatic carbocycles. The van der Waals surface area contributed by atoms with Crippen molar-refractivity contribution in [1.82, 2.24) is 9.88 Å². The van der Waals surface area contributed by atoms with Crippen molar-refractivity contribution in [2.24, 2.45) is 0 Å². The number of carbonyl (C=O) groups is 3. The molecule has 1 saturated heterocycles. The molecule has 4 aromatic rings. The molecule has 1 aromatic heterocycles. The van der Waals surface area contributed by atoms with E-state index in [0.717, 1.165) is 28.5 Å². The summed E-state index contributed by atoms with van der Waals surface area (Å²) in [5.41, 5.74) is 4.95. The fourth-order valence-corrected chi connectivity index (χ4v) is 4.72. The number of thiocarbonyl (C=S) groups is 1. The van der Waals surface area contributed by atoms with Crippen molar-refractivity contribution in [2.75, 3.05) is 10.2 Å². The number of rotatable bonds is 6. The van der Waals surface area contributed by atoms with E-state index in [9.17, 15) is 14.4 Å². The van der Waals surface area contributed by atoms with Crippen molar-refractivity contribution in [3.8, 4) is 0 Å². The Kier molecular flexibility index (Phi) is 6.89. The van der Waals surface area contributed by atoms with Crippen LogP contribution in [0.3, 0.4) is 0 Å². The van der Waals surface area contributed by atoms with Crippen LogP contribution in [-0.2, 0) is 27.3 Å². The number of carbonyl (C=O) groups excluding carboxylic acids is 3. The third kappa shape index (κ3) is 4.99. The number of amides is 3. The minimum absolute atomic E-state index is 0.0369. The highest BCUT2D eigenvalue weighted by molar-refractivity contribution is 7.80. The summed E-state index contributed by atoms with van der Waals surface area (Å²) in [5.74, 6) is -1.25. The smallest absolute Gasteiger partial charge is 0.270 e. The number of hydrogen-bond donors (Lipinski definition) is 2. The first kappa shape index (κ1) is 25.1. The summed E-state index contributed by atoms with van der Waals surface area (Å²) in [7, 11) is 0. The van der Waals surface area contributed by atoms with Crippen LogP contribution in [0.2, 0.25) is 0 Å². The topological polar surface area (TPSA) is 83.4 Å². The van der Waals surface area contributed by atoms with E-state index in [-0.39, 0.29) is 23.1 Å². The average molecular weight is 523 g/mol. The van der Waals surface area contributed by atoms with Gasteiger partial charge in [-0.2, -0.15) is 0 Å². The van der Waals surface area contributed by atoms with Gasteiger partial charge in [-0.25, -0.2) is 0 Å². The van der Waals surface area contributed by atoms with E-state index < -0.39 is 11.8 Å². The normalized spacial score (nSPS) is 14.7. The van der Waals surface area contributed by atoms with Gasteiger partial charge in [-0.15, -0.1) is 0 Å². The van der Waals surface area contributed by atoms with Gasteiger partial charge in [0.2, 0.25) is 5.91 Å². The molecule has 0 radical (unpaired) electrons. The van der Waals surface area contributed by atoms with Crippen LogP contribution in [0.15, 0.2) is 84.6 Å². The molecule has 0 unspecified atom stereocenters. The van der Waals surface area contributed by atoms with Gasteiger partial charge >= 0.3 is 0 Å². The number of nitrogens with one attached hydrogen (secondary N) is 2. The molecular formula is C30H26N4O3S. The zero-order chi connectivity index (χ0) is 26.8. The van der Waals surface area contributed by atoms with Gasteiger partial charge in [-0.3, -0.25) is 24.6 Å². The fourth-order valence-electron chi connectivity index (χ4n) is 4.44. The van der Waals surface area contributed by atoms with Crippen LogP contribution in [0.5, 0.6) is 0 Å². The molecule has 3 amide bonds. The van der Waals surface area contributed by atoms with E-state index in [1.54, 1.807) is 12.3 Å². The second kappa shape index (κ2) is 10.4. The predicted octanol–water partition coefficient (Wildman–Crippen LogP) is 4.98. The molecule has 8 heteroatoms. The van der Waals surface area contributed by atoms with E-state index >= 15 is 0 Å². The Morgan fingerprint density at radius 3 is 2.42 bits per heavy atom. The molecule has 190 valence electrons.